The molecule has 3 rings (SSSR count). The fourth-order valence-corrected chi connectivity index (χ4v) is 2.44. The molecule has 3 aromatic rings. The second-order valence-electron chi connectivity index (χ2n) is 4.77. The van der Waals surface area contributed by atoms with Gasteiger partial charge in [0.2, 0.25) is 0 Å². The number of hydrogen-bond donors (Lipinski definition) is 1. The number of aliphatic hydroxyl groups excluding tert-OH is 1. The lowest BCUT2D eigenvalue weighted by molar-refractivity contribution is 0.274. The summed E-state index contributed by atoms with van der Waals surface area (Å²) in [5.74, 6) is 0. The van der Waals surface area contributed by atoms with Crippen molar-refractivity contribution in [1.29, 1.82) is 0 Å². The monoisotopic (exact) mass is 268 g/mol. The smallest absolute Gasteiger partial charge is 0.275 e. The average Bonchev–Trinajstić information content (AvgIpc) is 2.87. The van der Waals surface area contributed by atoms with Gasteiger partial charge in [-0.05, 0) is 17.7 Å². The van der Waals surface area contributed by atoms with Gasteiger partial charge in [-0.15, -0.1) is 0 Å². The first-order valence-corrected chi connectivity index (χ1v) is 6.62. The molecule has 4 nitrogen and oxygen atoms in total. The molecule has 0 aliphatic rings. The normalized spacial score (nSPS) is 11.1. The molecular formula is C16H16N2O2. The predicted molar refractivity (Wildman–Crippen MR) is 78.8 cm³/mol. The highest BCUT2D eigenvalue weighted by Gasteiger charge is 2.08. The minimum Gasteiger partial charge on any atom is -0.395 e. The molecule has 0 radical (unpaired) electrons. The van der Waals surface area contributed by atoms with Crippen LogP contribution in [0.4, 0.5) is 0 Å². The third-order valence-electron chi connectivity index (χ3n) is 3.43. The minimum absolute atomic E-state index is 0.0369. The summed E-state index contributed by atoms with van der Waals surface area (Å²) < 4.78 is 3.50. The highest BCUT2D eigenvalue weighted by molar-refractivity contribution is 5.79. The van der Waals surface area contributed by atoms with Gasteiger partial charge in [-0.3, -0.25) is 4.79 Å². The lowest BCUT2D eigenvalue weighted by Gasteiger charge is -2.07. The van der Waals surface area contributed by atoms with Crippen molar-refractivity contribution in [3.63, 3.8) is 0 Å². The van der Waals surface area contributed by atoms with E-state index in [4.69, 9.17) is 5.11 Å². The van der Waals surface area contributed by atoms with Crippen LogP contribution in [-0.2, 0) is 13.1 Å². The van der Waals surface area contributed by atoms with Crippen molar-refractivity contribution in [2.24, 2.45) is 0 Å². The molecule has 0 aliphatic carbocycles. The largest absolute Gasteiger partial charge is 0.395 e. The molecule has 0 aliphatic heterocycles. The summed E-state index contributed by atoms with van der Waals surface area (Å²) in [7, 11) is 0. The lowest BCUT2D eigenvalue weighted by Crippen LogP contribution is -2.22. The zero-order chi connectivity index (χ0) is 13.9. The van der Waals surface area contributed by atoms with E-state index in [1.165, 1.54) is 0 Å². The quantitative estimate of drug-likeness (QED) is 0.785. The van der Waals surface area contributed by atoms with Crippen molar-refractivity contribution in [2.45, 2.75) is 13.1 Å². The standard InChI is InChI=1S/C16H16N2O2/c19-11-10-17-8-6-14-7-9-18(15(14)16(17)20)12-13-4-2-1-3-5-13/h1-9,19H,10-12H2. The zero-order valence-corrected chi connectivity index (χ0v) is 11.1. The summed E-state index contributed by atoms with van der Waals surface area (Å²) in [6.45, 7) is 0.957. The number of benzene rings is 1. The Labute approximate surface area is 116 Å². The Morgan fingerprint density at radius 1 is 0.950 bits per heavy atom. The number of hydrogen-bond acceptors (Lipinski definition) is 2. The Hall–Kier alpha value is -2.33. The van der Waals surface area contributed by atoms with E-state index in [0.717, 1.165) is 10.9 Å². The van der Waals surface area contributed by atoms with Crippen LogP contribution in [0.2, 0.25) is 0 Å². The van der Waals surface area contributed by atoms with E-state index in [2.05, 4.69) is 0 Å². The van der Waals surface area contributed by atoms with Crippen LogP contribution in [0.25, 0.3) is 10.9 Å². The van der Waals surface area contributed by atoms with Crippen LogP contribution in [0.1, 0.15) is 5.56 Å². The van der Waals surface area contributed by atoms with Crippen molar-refractivity contribution < 1.29 is 5.11 Å². The maximum Gasteiger partial charge on any atom is 0.275 e. The third-order valence-corrected chi connectivity index (χ3v) is 3.43. The van der Waals surface area contributed by atoms with E-state index >= 15 is 0 Å². The van der Waals surface area contributed by atoms with E-state index in [0.29, 0.717) is 18.6 Å². The van der Waals surface area contributed by atoms with E-state index < -0.39 is 0 Å². The van der Waals surface area contributed by atoms with Gasteiger partial charge in [-0.2, -0.15) is 0 Å². The number of rotatable bonds is 4. The number of aliphatic hydroxyl groups is 1. The molecule has 1 aromatic carbocycles. The van der Waals surface area contributed by atoms with Gasteiger partial charge in [-0.25, -0.2) is 0 Å². The van der Waals surface area contributed by atoms with Gasteiger partial charge in [0.05, 0.1) is 6.61 Å². The summed E-state index contributed by atoms with van der Waals surface area (Å²) in [6, 6.07) is 13.9. The molecule has 1 N–H and O–H groups in total. The maximum atomic E-state index is 12.4. The first-order chi connectivity index (χ1) is 9.79. The molecule has 0 spiro atoms. The Balaban J connectivity index is 2.08. The summed E-state index contributed by atoms with van der Waals surface area (Å²) in [5, 5.41) is 9.94. The van der Waals surface area contributed by atoms with Crippen molar-refractivity contribution >= 4 is 10.9 Å². The third kappa shape index (κ3) is 2.26. The molecular weight excluding hydrogens is 252 g/mol. The number of aromatic nitrogens is 2. The topological polar surface area (TPSA) is 47.2 Å². The van der Waals surface area contributed by atoms with Crippen LogP contribution in [0.5, 0.6) is 0 Å². The van der Waals surface area contributed by atoms with Gasteiger partial charge >= 0.3 is 0 Å². The van der Waals surface area contributed by atoms with Crippen LogP contribution in [-0.4, -0.2) is 20.8 Å². The number of nitrogens with zero attached hydrogens (tertiary/aromatic N) is 2. The van der Waals surface area contributed by atoms with Gasteiger partial charge < -0.3 is 14.2 Å². The highest BCUT2D eigenvalue weighted by atomic mass is 16.3. The summed E-state index contributed by atoms with van der Waals surface area (Å²) in [6.07, 6.45) is 3.66. The van der Waals surface area contributed by atoms with Crippen molar-refractivity contribution in [2.75, 3.05) is 6.61 Å². The molecule has 0 saturated heterocycles. The summed E-state index contributed by atoms with van der Waals surface area (Å²) in [5.41, 5.74) is 1.78. The molecule has 4 heteroatoms. The Morgan fingerprint density at radius 2 is 1.65 bits per heavy atom. The number of fused-ring (bicyclic) bond motifs is 1. The van der Waals surface area contributed by atoms with E-state index in [9.17, 15) is 4.79 Å². The minimum atomic E-state index is -0.0579. The van der Waals surface area contributed by atoms with Gasteiger partial charge in [0.25, 0.3) is 5.56 Å². The van der Waals surface area contributed by atoms with Crippen LogP contribution >= 0.6 is 0 Å². The molecule has 0 saturated carbocycles. The molecule has 102 valence electrons. The van der Waals surface area contributed by atoms with Gasteiger partial charge in [-0.1, -0.05) is 30.3 Å². The molecule has 2 heterocycles. The maximum absolute atomic E-state index is 12.4. The second kappa shape index (κ2) is 5.35. The zero-order valence-electron chi connectivity index (χ0n) is 11.1. The summed E-state index contributed by atoms with van der Waals surface area (Å²) >= 11 is 0. The number of pyridine rings is 1. The van der Waals surface area contributed by atoms with Gasteiger partial charge in [0.1, 0.15) is 5.52 Å². The van der Waals surface area contributed by atoms with E-state index in [1.807, 2.05) is 53.2 Å². The Bertz CT molecular complexity index is 772. The fraction of sp³-hybridized carbons (Fsp3) is 0.188. The first-order valence-electron chi connectivity index (χ1n) is 6.62. The van der Waals surface area contributed by atoms with Gasteiger partial charge in [0, 0.05) is 30.9 Å². The summed E-state index contributed by atoms with van der Waals surface area (Å²) in [4.78, 5) is 12.4. The molecule has 0 amide bonds. The fourth-order valence-electron chi connectivity index (χ4n) is 2.44. The van der Waals surface area contributed by atoms with E-state index in [-0.39, 0.29) is 12.2 Å². The Morgan fingerprint density at radius 3 is 2.35 bits per heavy atom. The lowest BCUT2D eigenvalue weighted by atomic mass is 10.2. The van der Waals surface area contributed by atoms with Crippen molar-refractivity contribution in [3.8, 4) is 0 Å². The molecule has 0 unspecified atom stereocenters. The van der Waals surface area contributed by atoms with Crippen LogP contribution in [0, 0.1) is 0 Å². The van der Waals surface area contributed by atoms with Crippen molar-refractivity contribution in [1.82, 2.24) is 9.13 Å². The van der Waals surface area contributed by atoms with Crippen LogP contribution in [0.3, 0.4) is 0 Å². The van der Waals surface area contributed by atoms with Crippen LogP contribution in [0.15, 0.2) is 59.7 Å². The molecule has 0 fully saturated rings. The van der Waals surface area contributed by atoms with Crippen LogP contribution < -0.4 is 5.56 Å². The SMILES string of the molecule is O=c1c2c(ccn1CCO)ccn2Cc1ccccc1. The second-order valence-corrected chi connectivity index (χ2v) is 4.77. The molecule has 0 atom stereocenters. The van der Waals surface area contributed by atoms with Gasteiger partial charge in [0.15, 0.2) is 0 Å². The average molecular weight is 268 g/mol. The molecule has 2 aromatic heterocycles. The first kappa shape index (κ1) is 12.7. The molecule has 20 heavy (non-hydrogen) atoms. The Kier molecular flexibility index (Phi) is 3.39. The van der Waals surface area contributed by atoms with E-state index in [1.54, 1.807) is 10.8 Å². The highest BCUT2D eigenvalue weighted by Crippen LogP contribution is 2.13. The molecule has 0 bridgehead atoms. The predicted octanol–water partition coefficient (Wildman–Crippen LogP) is 1.84. The van der Waals surface area contributed by atoms with Crippen molar-refractivity contribution in [3.05, 3.63) is 70.8 Å².